The molecule has 0 N–H and O–H groups in total. The highest BCUT2D eigenvalue weighted by Gasteiger charge is 2.04. The van der Waals surface area contributed by atoms with Crippen molar-refractivity contribution in [2.75, 3.05) is 0 Å². The van der Waals surface area contributed by atoms with E-state index in [9.17, 15) is 0 Å². The maximum absolute atomic E-state index is 5.73. The molecule has 2 heterocycles. The summed E-state index contributed by atoms with van der Waals surface area (Å²) in [5.41, 5.74) is 0.559. The van der Waals surface area contributed by atoms with Crippen LogP contribution in [0.2, 0.25) is 0 Å². The molecule has 0 bridgehead atoms. The van der Waals surface area contributed by atoms with Crippen LogP contribution < -0.4 is 9.47 Å². The van der Waals surface area contributed by atoms with E-state index in [2.05, 4.69) is 20.6 Å². The number of benzene rings is 2. The monoisotopic (exact) mass is 305 g/mol. The van der Waals surface area contributed by atoms with Gasteiger partial charge < -0.3 is 9.47 Å². The summed E-state index contributed by atoms with van der Waals surface area (Å²) in [6.07, 6.45) is 0. The van der Waals surface area contributed by atoms with Crippen molar-refractivity contribution in [1.29, 1.82) is 0 Å². The van der Waals surface area contributed by atoms with E-state index in [-0.39, 0.29) is 0 Å². The van der Waals surface area contributed by atoms with Crippen LogP contribution in [0.4, 0.5) is 0 Å². The Bertz CT molecular complexity index is 922. The molecule has 0 aliphatic rings. The SMILES string of the molecule is c1ccc(Oc2ccc(Oc3ccc4nnnn4n3)cc2)cc1. The van der Waals surface area contributed by atoms with Crippen molar-refractivity contribution < 1.29 is 9.47 Å². The number of para-hydroxylation sites is 1. The van der Waals surface area contributed by atoms with Crippen LogP contribution in [0.1, 0.15) is 0 Å². The number of fused-ring (bicyclic) bond motifs is 1. The highest BCUT2D eigenvalue weighted by Crippen LogP contribution is 2.25. The van der Waals surface area contributed by atoms with Crippen LogP contribution in [0.5, 0.6) is 23.1 Å². The van der Waals surface area contributed by atoms with Crippen LogP contribution in [0.15, 0.2) is 66.7 Å². The van der Waals surface area contributed by atoms with Crippen LogP contribution in [0.3, 0.4) is 0 Å². The molecule has 0 aliphatic heterocycles. The van der Waals surface area contributed by atoms with Crippen molar-refractivity contribution in [3.8, 4) is 23.1 Å². The molecular formula is C16H11N5O2. The average Bonchev–Trinajstić information content (AvgIpc) is 3.05. The number of rotatable bonds is 4. The van der Waals surface area contributed by atoms with Gasteiger partial charge in [-0.1, -0.05) is 18.2 Å². The van der Waals surface area contributed by atoms with Gasteiger partial charge in [0.15, 0.2) is 5.65 Å². The molecule has 2 aromatic heterocycles. The first-order valence-electron chi connectivity index (χ1n) is 6.93. The fourth-order valence-corrected chi connectivity index (χ4v) is 2.01. The molecule has 4 aromatic rings. The lowest BCUT2D eigenvalue weighted by atomic mass is 10.3. The molecule has 0 saturated carbocycles. The van der Waals surface area contributed by atoms with E-state index < -0.39 is 0 Å². The lowest BCUT2D eigenvalue weighted by Crippen LogP contribution is -1.97. The Morgan fingerprint density at radius 1 is 0.696 bits per heavy atom. The Balaban J connectivity index is 1.49. The van der Waals surface area contributed by atoms with Crippen LogP contribution in [0, 0.1) is 0 Å². The Labute approximate surface area is 131 Å². The molecule has 0 saturated heterocycles. The minimum absolute atomic E-state index is 0.404. The largest absolute Gasteiger partial charge is 0.457 e. The van der Waals surface area contributed by atoms with Crippen molar-refractivity contribution in [3.05, 3.63) is 66.7 Å². The van der Waals surface area contributed by atoms with Crippen molar-refractivity contribution in [2.45, 2.75) is 0 Å². The maximum Gasteiger partial charge on any atom is 0.239 e. The van der Waals surface area contributed by atoms with E-state index in [1.165, 1.54) is 4.63 Å². The first kappa shape index (κ1) is 13.2. The molecule has 0 spiro atoms. The number of hydrogen-bond donors (Lipinski definition) is 0. The average molecular weight is 305 g/mol. The Morgan fingerprint density at radius 2 is 1.39 bits per heavy atom. The van der Waals surface area contributed by atoms with E-state index in [1.54, 1.807) is 12.1 Å². The molecule has 112 valence electrons. The molecule has 7 nitrogen and oxygen atoms in total. The summed E-state index contributed by atoms with van der Waals surface area (Å²) in [6, 6.07) is 20.3. The Kier molecular flexibility index (Phi) is 3.28. The molecule has 4 rings (SSSR count). The zero-order chi connectivity index (χ0) is 15.5. The first-order valence-corrected chi connectivity index (χ1v) is 6.93. The van der Waals surface area contributed by atoms with Gasteiger partial charge in [0, 0.05) is 6.07 Å². The lowest BCUT2D eigenvalue weighted by molar-refractivity contribution is 0.443. The highest BCUT2D eigenvalue weighted by molar-refractivity contribution is 5.38. The molecule has 0 amide bonds. The summed E-state index contributed by atoms with van der Waals surface area (Å²) in [5, 5.41) is 15.2. The Morgan fingerprint density at radius 3 is 2.17 bits per heavy atom. The molecule has 0 radical (unpaired) electrons. The van der Waals surface area contributed by atoms with Crippen molar-refractivity contribution >= 4 is 5.65 Å². The normalized spacial score (nSPS) is 10.6. The van der Waals surface area contributed by atoms with Gasteiger partial charge in [0.2, 0.25) is 5.88 Å². The van der Waals surface area contributed by atoms with Gasteiger partial charge in [-0.3, -0.25) is 0 Å². The predicted molar refractivity (Wildman–Crippen MR) is 81.6 cm³/mol. The van der Waals surface area contributed by atoms with Crippen LogP contribution >= 0.6 is 0 Å². The van der Waals surface area contributed by atoms with Gasteiger partial charge in [0.05, 0.1) is 0 Å². The molecule has 0 atom stereocenters. The van der Waals surface area contributed by atoms with Gasteiger partial charge in [-0.15, -0.1) is 14.8 Å². The van der Waals surface area contributed by atoms with Gasteiger partial charge in [-0.25, -0.2) is 0 Å². The van der Waals surface area contributed by atoms with Gasteiger partial charge >= 0.3 is 0 Å². The second kappa shape index (κ2) is 5.72. The van der Waals surface area contributed by atoms with Crippen molar-refractivity contribution in [1.82, 2.24) is 25.3 Å². The molecule has 0 unspecified atom stereocenters. The summed E-state index contributed by atoms with van der Waals surface area (Å²) in [5.74, 6) is 2.56. The third-order valence-corrected chi connectivity index (χ3v) is 3.07. The van der Waals surface area contributed by atoms with Crippen LogP contribution in [0.25, 0.3) is 5.65 Å². The molecule has 0 fully saturated rings. The van der Waals surface area contributed by atoms with E-state index in [0.29, 0.717) is 17.3 Å². The summed E-state index contributed by atoms with van der Waals surface area (Å²) in [6.45, 7) is 0. The highest BCUT2D eigenvalue weighted by atomic mass is 16.5. The van der Waals surface area contributed by atoms with E-state index in [0.717, 1.165) is 11.5 Å². The summed E-state index contributed by atoms with van der Waals surface area (Å²) in [4.78, 5) is 0. The maximum atomic E-state index is 5.73. The fraction of sp³-hybridized carbons (Fsp3) is 0. The summed E-state index contributed by atoms with van der Waals surface area (Å²) in [7, 11) is 0. The lowest BCUT2D eigenvalue weighted by Gasteiger charge is -2.07. The minimum atomic E-state index is 0.404. The number of ether oxygens (including phenoxy) is 2. The van der Waals surface area contributed by atoms with Crippen molar-refractivity contribution in [3.63, 3.8) is 0 Å². The molecule has 2 aromatic carbocycles. The third kappa shape index (κ3) is 2.93. The number of aromatic nitrogens is 5. The number of hydrogen-bond acceptors (Lipinski definition) is 6. The van der Waals surface area contributed by atoms with Gasteiger partial charge in [0.25, 0.3) is 0 Å². The second-order valence-electron chi connectivity index (χ2n) is 4.69. The standard InChI is InChI=1S/C16H11N5O2/c1-2-4-12(5-3-1)22-13-6-8-14(9-7-13)23-16-11-10-15-17-19-20-21(15)18-16/h1-11H. The molecular weight excluding hydrogens is 294 g/mol. The van der Waals surface area contributed by atoms with E-state index >= 15 is 0 Å². The Hall–Kier alpha value is -3.48. The zero-order valence-corrected chi connectivity index (χ0v) is 11.9. The number of tetrazole rings is 1. The van der Waals surface area contributed by atoms with E-state index in [1.807, 2.05) is 54.6 Å². The first-order chi connectivity index (χ1) is 11.4. The number of nitrogens with zero attached hydrogens (tertiary/aromatic N) is 5. The van der Waals surface area contributed by atoms with Gasteiger partial charge in [0.1, 0.15) is 17.2 Å². The minimum Gasteiger partial charge on any atom is -0.457 e. The van der Waals surface area contributed by atoms with Gasteiger partial charge in [-0.2, -0.15) is 0 Å². The molecule has 7 heteroatoms. The summed E-state index contributed by atoms with van der Waals surface area (Å²) < 4.78 is 12.7. The second-order valence-corrected chi connectivity index (χ2v) is 4.69. The predicted octanol–water partition coefficient (Wildman–Crippen LogP) is 3.10. The van der Waals surface area contributed by atoms with Gasteiger partial charge in [-0.05, 0) is 52.9 Å². The van der Waals surface area contributed by atoms with E-state index in [4.69, 9.17) is 9.47 Å². The topological polar surface area (TPSA) is 74.4 Å². The summed E-state index contributed by atoms with van der Waals surface area (Å²) >= 11 is 0. The van der Waals surface area contributed by atoms with Crippen molar-refractivity contribution in [2.24, 2.45) is 0 Å². The quantitative estimate of drug-likeness (QED) is 0.577. The van der Waals surface area contributed by atoms with Crippen LogP contribution in [-0.2, 0) is 0 Å². The van der Waals surface area contributed by atoms with Crippen LogP contribution in [-0.4, -0.2) is 25.3 Å². The molecule has 0 aliphatic carbocycles. The zero-order valence-electron chi connectivity index (χ0n) is 11.9. The third-order valence-electron chi connectivity index (χ3n) is 3.07. The molecule has 23 heavy (non-hydrogen) atoms. The smallest absolute Gasteiger partial charge is 0.239 e. The fourth-order valence-electron chi connectivity index (χ4n) is 2.01.